The van der Waals surface area contributed by atoms with Gasteiger partial charge in [0.25, 0.3) is 0 Å². The summed E-state index contributed by atoms with van der Waals surface area (Å²) in [4.78, 5) is 8.53. The normalized spacial score (nSPS) is 14.3. The zero-order chi connectivity index (χ0) is 31.1. The van der Waals surface area contributed by atoms with Gasteiger partial charge in [0.2, 0.25) is 5.71 Å². The molecule has 0 saturated carbocycles. The first-order chi connectivity index (χ1) is 21.5. The van der Waals surface area contributed by atoms with E-state index < -0.39 is 0 Å². The maximum atomic E-state index is 3.88. The van der Waals surface area contributed by atoms with Gasteiger partial charge in [0.05, 0.1) is 5.56 Å². The maximum Gasteiger partial charge on any atom is 0.206 e. The van der Waals surface area contributed by atoms with Crippen LogP contribution < -0.4 is 14.8 Å². The molecule has 0 heterocycles. The Hall–Kier alpha value is -4.63. The molecule has 0 atom stereocenters. The third-order valence-electron chi connectivity index (χ3n) is 8.78. The molecular weight excluding hydrogens is 534 g/mol. The van der Waals surface area contributed by atoms with Gasteiger partial charge in [0.1, 0.15) is 0 Å². The van der Waals surface area contributed by atoms with Crippen molar-refractivity contribution in [1.29, 1.82) is 0 Å². The Morgan fingerprint density at radius 3 is 1.93 bits per heavy atom. The van der Waals surface area contributed by atoms with Crippen molar-refractivity contribution in [2.45, 2.75) is 41.2 Å². The van der Waals surface area contributed by atoms with Gasteiger partial charge in [-0.15, -0.1) is 0 Å². The molecule has 0 saturated heterocycles. The molecule has 4 aromatic rings. The van der Waals surface area contributed by atoms with Crippen molar-refractivity contribution >= 4 is 34.3 Å². The monoisotopic (exact) mass is 580 g/mol. The van der Waals surface area contributed by atoms with E-state index in [9.17, 15) is 0 Å². The second kappa shape index (κ2) is 14.2. The molecule has 4 aromatic carbocycles. The van der Waals surface area contributed by atoms with E-state index in [1.165, 1.54) is 55.9 Å². The smallest absolute Gasteiger partial charge is 0.206 e. The summed E-state index contributed by atoms with van der Waals surface area (Å²) in [5.74, 6) is 0. The molecule has 0 radical (unpaired) electrons. The highest BCUT2D eigenvalue weighted by molar-refractivity contribution is 6.17. The number of hydrogen-bond donors (Lipinski definition) is 1. The van der Waals surface area contributed by atoms with Gasteiger partial charge in [-0.3, -0.25) is 0 Å². The van der Waals surface area contributed by atoms with E-state index in [0.717, 1.165) is 44.0 Å². The third-order valence-corrected chi connectivity index (χ3v) is 8.78. The van der Waals surface area contributed by atoms with E-state index in [0.29, 0.717) is 0 Å². The van der Waals surface area contributed by atoms with E-state index in [2.05, 4.69) is 159 Å². The fraction of sp³-hybridized carbons (Fsp3) is 0.244. The number of nitrogens with zero attached hydrogens (tertiary/aromatic N) is 2. The number of allylic oxidation sites excluding steroid dienone is 3. The van der Waals surface area contributed by atoms with Crippen molar-refractivity contribution in [1.82, 2.24) is 0 Å². The number of aryl methyl sites for hydroxylation is 1. The average molecular weight is 581 g/mol. The van der Waals surface area contributed by atoms with Crippen LogP contribution in [-0.4, -0.2) is 31.9 Å². The highest BCUT2D eigenvalue weighted by Gasteiger charge is 2.23. The van der Waals surface area contributed by atoms with Crippen molar-refractivity contribution in [3.05, 3.63) is 149 Å². The largest absolute Gasteiger partial charge is 0.372 e. The molecular formula is C41H46N3+. The second-order valence-electron chi connectivity index (χ2n) is 11.3. The highest BCUT2D eigenvalue weighted by atomic mass is 15.1. The molecule has 1 N–H and O–H groups in total. The summed E-state index contributed by atoms with van der Waals surface area (Å²) < 4.78 is 0. The highest BCUT2D eigenvalue weighted by Crippen LogP contribution is 2.39. The summed E-state index contributed by atoms with van der Waals surface area (Å²) in [6.07, 6.45) is 6.43. The Kier molecular flexibility index (Phi) is 9.96. The molecule has 0 aliphatic heterocycles. The minimum absolute atomic E-state index is 0.760. The SMILES string of the molecule is C=Cc1ccc(C[NH+]=C2C=CC(=C(c3ccc(N(CC)CC)cc3)c3ccc(N(CC)CC)cc3C)c3ccccc32)cc1. The molecule has 0 unspecified atom stereocenters. The molecule has 5 rings (SSSR count). The van der Waals surface area contributed by atoms with Crippen LogP contribution in [-0.2, 0) is 6.54 Å². The Morgan fingerprint density at radius 2 is 1.32 bits per heavy atom. The lowest BCUT2D eigenvalue weighted by molar-refractivity contribution is -0.473. The molecule has 0 bridgehead atoms. The zero-order valence-corrected chi connectivity index (χ0v) is 27.0. The van der Waals surface area contributed by atoms with Crippen molar-refractivity contribution in [2.24, 2.45) is 0 Å². The topological polar surface area (TPSA) is 20.5 Å². The standard InChI is InChI=1S/C41H45N3/c1-7-31-16-18-32(19-17-31)29-42-40-27-26-39(37-14-12-13-15-38(37)40)41(33-20-22-34(23-21-33)43(8-2)9-3)36-25-24-35(28-30(36)6)44(10-4)11-5/h7,12-28H,1,8-11,29H2,2-6H3/p+1. The number of rotatable bonds is 11. The number of nitrogens with one attached hydrogen (secondary N) is 1. The maximum absolute atomic E-state index is 3.88. The quantitative estimate of drug-likeness (QED) is 0.194. The Morgan fingerprint density at radius 1 is 0.705 bits per heavy atom. The first-order valence-corrected chi connectivity index (χ1v) is 16.1. The summed E-state index contributed by atoms with van der Waals surface area (Å²) >= 11 is 0. The Labute approximate surface area is 264 Å². The molecule has 1 aliphatic carbocycles. The van der Waals surface area contributed by atoms with Crippen LogP contribution in [0.25, 0.3) is 17.2 Å². The average Bonchev–Trinajstić information content (AvgIpc) is 3.07. The minimum Gasteiger partial charge on any atom is -0.372 e. The molecule has 0 aromatic heterocycles. The van der Waals surface area contributed by atoms with E-state index >= 15 is 0 Å². The summed E-state index contributed by atoms with van der Waals surface area (Å²) in [6, 6.07) is 33.5. The molecule has 0 spiro atoms. The molecule has 3 heteroatoms. The molecule has 44 heavy (non-hydrogen) atoms. The van der Waals surface area contributed by atoms with Crippen molar-refractivity contribution in [3.63, 3.8) is 0 Å². The van der Waals surface area contributed by atoms with E-state index in [1.54, 1.807) is 0 Å². The van der Waals surface area contributed by atoms with Crippen molar-refractivity contribution in [3.8, 4) is 0 Å². The lowest BCUT2D eigenvalue weighted by Gasteiger charge is -2.25. The third kappa shape index (κ3) is 6.48. The summed E-state index contributed by atoms with van der Waals surface area (Å²) in [7, 11) is 0. The lowest BCUT2D eigenvalue weighted by atomic mass is 9.82. The first kappa shape index (κ1) is 30.8. The first-order valence-electron chi connectivity index (χ1n) is 16.1. The predicted molar refractivity (Wildman–Crippen MR) is 192 cm³/mol. The van der Waals surface area contributed by atoms with Gasteiger partial charge in [-0.25, -0.2) is 4.99 Å². The summed E-state index contributed by atoms with van der Waals surface area (Å²) in [5, 5.41) is 0. The Balaban J connectivity index is 1.65. The zero-order valence-electron chi connectivity index (χ0n) is 27.0. The van der Waals surface area contributed by atoms with Gasteiger partial charge in [0.15, 0.2) is 6.54 Å². The predicted octanol–water partition coefficient (Wildman–Crippen LogP) is 7.93. The van der Waals surface area contributed by atoms with Crippen LogP contribution in [0.15, 0.2) is 110 Å². The van der Waals surface area contributed by atoms with Crippen LogP contribution in [0.4, 0.5) is 11.4 Å². The molecule has 3 nitrogen and oxygen atoms in total. The van der Waals surface area contributed by atoms with Crippen LogP contribution in [0.2, 0.25) is 0 Å². The fourth-order valence-electron chi connectivity index (χ4n) is 6.24. The second-order valence-corrected chi connectivity index (χ2v) is 11.3. The molecule has 0 amide bonds. The van der Waals surface area contributed by atoms with Crippen molar-refractivity contribution < 1.29 is 4.99 Å². The van der Waals surface area contributed by atoms with Crippen LogP contribution in [0.5, 0.6) is 0 Å². The summed E-state index contributed by atoms with van der Waals surface area (Å²) in [5.41, 5.74) is 14.8. The summed E-state index contributed by atoms with van der Waals surface area (Å²) in [6.45, 7) is 19.8. The van der Waals surface area contributed by atoms with Gasteiger partial charge in [-0.2, -0.15) is 0 Å². The number of hydrogen-bond acceptors (Lipinski definition) is 2. The lowest BCUT2D eigenvalue weighted by Crippen LogP contribution is -2.71. The minimum atomic E-state index is 0.760. The van der Waals surface area contributed by atoms with Gasteiger partial charge < -0.3 is 9.80 Å². The van der Waals surface area contributed by atoms with Gasteiger partial charge in [0, 0.05) is 49.2 Å². The number of fused-ring (bicyclic) bond motifs is 1. The fourth-order valence-corrected chi connectivity index (χ4v) is 6.24. The number of benzene rings is 4. The van der Waals surface area contributed by atoms with Gasteiger partial charge >= 0.3 is 0 Å². The van der Waals surface area contributed by atoms with Crippen molar-refractivity contribution in [2.75, 3.05) is 36.0 Å². The van der Waals surface area contributed by atoms with Crippen LogP contribution in [0, 0.1) is 6.92 Å². The van der Waals surface area contributed by atoms with Gasteiger partial charge in [-0.1, -0.05) is 73.3 Å². The molecule has 1 aliphatic rings. The Bertz CT molecular complexity index is 1680. The van der Waals surface area contributed by atoms with Gasteiger partial charge in [-0.05, 0) is 110 Å². The number of anilines is 2. The molecule has 224 valence electrons. The van der Waals surface area contributed by atoms with Crippen LogP contribution >= 0.6 is 0 Å². The van der Waals surface area contributed by atoms with E-state index in [1.807, 2.05) is 6.08 Å². The molecule has 0 fully saturated rings. The van der Waals surface area contributed by atoms with Crippen LogP contribution in [0.1, 0.15) is 66.6 Å². The van der Waals surface area contributed by atoms with Crippen LogP contribution in [0.3, 0.4) is 0 Å². The van der Waals surface area contributed by atoms with E-state index in [4.69, 9.17) is 0 Å². The van der Waals surface area contributed by atoms with E-state index in [-0.39, 0.29) is 0 Å².